The molecular formula is C13H20N2O2S2. The van der Waals surface area contributed by atoms with Crippen molar-refractivity contribution in [1.82, 2.24) is 8.02 Å². The maximum absolute atomic E-state index is 12.4. The first-order valence-electron chi connectivity index (χ1n) is 6.49. The fraction of sp³-hybridized carbons (Fsp3) is 0.538. The van der Waals surface area contributed by atoms with Crippen molar-refractivity contribution in [1.29, 1.82) is 0 Å². The molecule has 0 spiro atoms. The van der Waals surface area contributed by atoms with E-state index in [0.717, 1.165) is 31.5 Å². The molecule has 0 N–H and O–H groups in total. The predicted molar refractivity (Wildman–Crippen MR) is 79.1 cm³/mol. The summed E-state index contributed by atoms with van der Waals surface area (Å²) in [4.78, 5) is 0.352. The van der Waals surface area contributed by atoms with E-state index in [1.165, 1.54) is 22.3 Å². The van der Waals surface area contributed by atoms with Gasteiger partial charge in [-0.15, -0.1) is 3.71 Å². The van der Waals surface area contributed by atoms with E-state index in [1.807, 2.05) is 19.1 Å². The van der Waals surface area contributed by atoms with Gasteiger partial charge in [0, 0.05) is 32.3 Å². The number of aryl methyl sites for hydroxylation is 1. The van der Waals surface area contributed by atoms with Crippen LogP contribution in [-0.4, -0.2) is 36.6 Å². The minimum absolute atomic E-state index is 0.352. The third-order valence-electron chi connectivity index (χ3n) is 3.20. The van der Waals surface area contributed by atoms with Crippen LogP contribution in [0.1, 0.15) is 24.8 Å². The van der Waals surface area contributed by atoms with Crippen LogP contribution < -0.4 is 0 Å². The standard InChI is InChI=1S/C13H20N2O2S2/c1-12-6-8-13(9-7-12)19(16,17)14(2)18-15-10-4-3-5-11-15/h6-9H,3-5,10-11H2,1-2H3. The van der Waals surface area contributed by atoms with E-state index >= 15 is 0 Å². The summed E-state index contributed by atoms with van der Waals surface area (Å²) in [5.41, 5.74) is 1.06. The maximum Gasteiger partial charge on any atom is 0.253 e. The molecule has 0 atom stereocenters. The minimum Gasteiger partial charge on any atom is -0.236 e. The Balaban J connectivity index is 2.07. The number of piperidine rings is 1. The van der Waals surface area contributed by atoms with Crippen LogP contribution in [0.2, 0.25) is 0 Å². The zero-order valence-electron chi connectivity index (χ0n) is 11.4. The van der Waals surface area contributed by atoms with Gasteiger partial charge in [0.15, 0.2) is 0 Å². The minimum atomic E-state index is -3.40. The molecule has 0 unspecified atom stereocenters. The van der Waals surface area contributed by atoms with Gasteiger partial charge in [0.1, 0.15) is 0 Å². The van der Waals surface area contributed by atoms with Gasteiger partial charge in [-0.1, -0.05) is 24.1 Å². The second-order valence-corrected chi connectivity index (χ2v) is 8.23. The van der Waals surface area contributed by atoms with Crippen LogP contribution in [0.5, 0.6) is 0 Å². The SMILES string of the molecule is Cc1ccc(S(=O)(=O)N(C)SN2CCCCC2)cc1. The molecule has 19 heavy (non-hydrogen) atoms. The van der Waals surface area contributed by atoms with Crippen molar-refractivity contribution >= 4 is 22.2 Å². The first-order chi connectivity index (χ1) is 9.00. The largest absolute Gasteiger partial charge is 0.253 e. The van der Waals surface area contributed by atoms with Crippen LogP contribution in [0.25, 0.3) is 0 Å². The fourth-order valence-corrected chi connectivity index (χ4v) is 4.43. The molecule has 106 valence electrons. The molecule has 0 amide bonds. The van der Waals surface area contributed by atoms with Crippen LogP contribution in [0.3, 0.4) is 0 Å². The molecule has 1 saturated heterocycles. The normalized spacial score (nSPS) is 17.8. The highest BCUT2D eigenvalue weighted by Gasteiger charge is 2.24. The first-order valence-corrected chi connectivity index (χ1v) is 8.66. The fourth-order valence-electron chi connectivity index (χ4n) is 2.01. The molecule has 1 fully saturated rings. The average molecular weight is 300 g/mol. The van der Waals surface area contributed by atoms with Gasteiger partial charge in [0.2, 0.25) is 0 Å². The molecular weight excluding hydrogens is 280 g/mol. The Morgan fingerprint density at radius 3 is 2.26 bits per heavy atom. The average Bonchev–Trinajstić information content (AvgIpc) is 2.40. The summed E-state index contributed by atoms with van der Waals surface area (Å²) in [6, 6.07) is 6.98. The third kappa shape index (κ3) is 3.72. The molecule has 0 saturated carbocycles. The van der Waals surface area contributed by atoms with Crippen molar-refractivity contribution in [3.05, 3.63) is 29.8 Å². The van der Waals surface area contributed by atoms with Gasteiger partial charge >= 0.3 is 0 Å². The Hall–Kier alpha value is -0.560. The summed E-state index contributed by atoms with van der Waals surface area (Å²) in [6.07, 6.45) is 3.53. The second kappa shape index (κ2) is 6.26. The molecule has 0 aromatic heterocycles. The van der Waals surface area contributed by atoms with E-state index in [9.17, 15) is 8.42 Å². The highest BCUT2D eigenvalue weighted by atomic mass is 32.3. The zero-order chi connectivity index (χ0) is 13.9. The van der Waals surface area contributed by atoms with Crippen LogP contribution in [0, 0.1) is 6.92 Å². The first kappa shape index (κ1) is 14.8. The summed E-state index contributed by atoms with van der Waals surface area (Å²) in [7, 11) is -1.78. The maximum atomic E-state index is 12.4. The van der Waals surface area contributed by atoms with Crippen LogP contribution in [0.15, 0.2) is 29.2 Å². The molecule has 0 aliphatic carbocycles. The number of benzene rings is 1. The number of sulfonamides is 1. The third-order valence-corrected chi connectivity index (χ3v) is 6.36. The van der Waals surface area contributed by atoms with Gasteiger partial charge in [0.05, 0.1) is 4.90 Å². The number of hydrogen-bond acceptors (Lipinski definition) is 4. The number of hydrogen-bond donors (Lipinski definition) is 0. The Labute approximate surface area is 120 Å². The van der Waals surface area contributed by atoms with E-state index in [0.29, 0.717) is 4.90 Å². The Morgan fingerprint density at radius 1 is 1.11 bits per heavy atom. The molecule has 1 heterocycles. The predicted octanol–water partition coefficient (Wildman–Crippen LogP) is 2.66. The van der Waals surface area contributed by atoms with Gasteiger partial charge in [-0.2, -0.15) is 0 Å². The zero-order valence-corrected chi connectivity index (χ0v) is 13.0. The monoisotopic (exact) mass is 300 g/mol. The van der Waals surface area contributed by atoms with Crippen molar-refractivity contribution in [2.75, 3.05) is 20.1 Å². The van der Waals surface area contributed by atoms with Crippen LogP contribution in [0.4, 0.5) is 0 Å². The lowest BCUT2D eigenvalue weighted by Gasteiger charge is -2.28. The quantitative estimate of drug-likeness (QED) is 0.802. The van der Waals surface area contributed by atoms with E-state index in [1.54, 1.807) is 19.2 Å². The molecule has 0 bridgehead atoms. The van der Waals surface area contributed by atoms with Crippen molar-refractivity contribution in [3.8, 4) is 0 Å². The smallest absolute Gasteiger partial charge is 0.236 e. The van der Waals surface area contributed by atoms with Crippen molar-refractivity contribution in [2.24, 2.45) is 0 Å². The molecule has 2 rings (SSSR count). The van der Waals surface area contributed by atoms with Gasteiger partial charge < -0.3 is 0 Å². The van der Waals surface area contributed by atoms with E-state index in [4.69, 9.17) is 0 Å². The van der Waals surface area contributed by atoms with E-state index in [2.05, 4.69) is 4.31 Å². The lowest BCUT2D eigenvalue weighted by molar-refractivity contribution is 0.374. The van der Waals surface area contributed by atoms with E-state index < -0.39 is 10.0 Å². The summed E-state index contributed by atoms with van der Waals surface area (Å²) >= 11 is 1.31. The molecule has 1 aliphatic rings. The molecule has 0 radical (unpaired) electrons. The van der Waals surface area contributed by atoms with Crippen molar-refractivity contribution < 1.29 is 8.42 Å². The van der Waals surface area contributed by atoms with Gasteiger partial charge in [-0.05, 0) is 31.9 Å². The Morgan fingerprint density at radius 2 is 1.68 bits per heavy atom. The van der Waals surface area contributed by atoms with Gasteiger partial charge in [0.25, 0.3) is 10.0 Å². The van der Waals surface area contributed by atoms with Crippen LogP contribution in [-0.2, 0) is 10.0 Å². The summed E-state index contributed by atoms with van der Waals surface area (Å²) in [5.74, 6) is 0. The number of nitrogens with zero attached hydrogens (tertiary/aromatic N) is 2. The lowest BCUT2D eigenvalue weighted by Crippen LogP contribution is -2.30. The van der Waals surface area contributed by atoms with Gasteiger partial charge in [-0.3, -0.25) is 0 Å². The second-order valence-electron chi connectivity index (χ2n) is 4.80. The Kier molecular flexibility index (Phi) is 4.89. The van der Waals surface area contributed by atoms with Crippen molar-refractivity contribution in [3.63, 3.8) is 0 Å². The van der Waals surface area contributed by atoms with Gasteiger partial charge in [-0.25, -0.2) is 12.7 Å². The topological polar surface area (TPSA) is 40.6 Å². The molecule has 4 nitrogen and oxygen atoms in total. The molecule has 1 aliphatic heterocycles. The summed E-state index contributed by atoms with van der Waals surface area (Å²) < 4.78 is 28.3. The molecule has 1 aromatic carbocycles. The summed E-state index contributed by atoms with van der Waals surface area (Å²) in [6.45, 7) is 3.86. The Bertz CT molecular complexity index is 508. The number of rotatable bonds is 4. The van der Waals surface area contributed by atoms with E-state index in [-0.39, 0.29) is 0 Å². The van der Waals surface area contributed by atoms with Crippen molar-refractivity contribution in [2.45, 2.75) is 31.1 Å². The lowest BCUT2D eigenvalue weighted by atomic mass is 10.2. The molecule has 1 aromatic rings. The molecule has 6 heteroatoms. The highest BCUT2D eigenvalue weighted by Crippen LogP contribution is 2.26. The van der Waals surface area contributed by atoms with Crippen LogP contribution >= 0.6 is 12.1 Å². The summed E-state index contributed by atoms with van der Waals surface area (Å²) in [5, 5.41) is 0. The highest BCUT2D eigenvalue weighted by molar-refractivity contribution is 8.07.